The first-order valence-electron chi connectivity index (χ1n) is 5.24. The second-order valence-electron chi connectivity index (χ2n) is 4.18. The summed E-state index contributed by atoms with van der Waals surface area (Å²) in [7, 11) is 0. The normalized spacial score (nSPS) is 24.0. The van der Waals surface area contributed by atoms with Gasteiger partial charge in [-0.2, -0.15) is 0 Å². The molecule has 1 aromatic rings. The lowest BCUT2D eigenvalue weighted by atomic mass is 10.2. The van der Waals surface area contributed by atoms with Crippen molar-refractivity contribution < 1.29 is 0 Å². The summed E-state index contributed by atoms with van der Waals surface area (Å²) in [6.07, 6.45) is 0. The fourth-order valence-electron chi connectivity index (χ4n) is 1.95. The molecule has 1 fully saturated rings. The van der Waals surface area contributed by atoms with Gasteiger partial charge < -0.3 is 5.32 Å². The van der Waals surface area contributed by atoms with Crippen LogP contribution >= 0.6 is 11.3 Å². The first-order valence-corrected chi connectivity index (χ1v) is 6.12. The third-order valence-electron chi connectivity index (χ3n) is 2.62. The Hall–Kier alpha value is -0.380. The van der Waals surface area contributed by atoms with Gasteiger partial charge in [0.1, 0.15) is 0 Å². The van der Waals surface area contributed by atoms with E-state index in [9.17, 15) is 0 Å². The highest BCUT2D eigenvalue weighted by Gasteiger charge is 2.15. The smallest absolute Gasteiger partial charge is 0.0329 e. The zero-order valence-electron chi connectivity index (χ0n) is 8.92. The van der Waals surface area contributed by atoms with Gasteiger partial charge in [0.15, 0.2) is 0 Å². The van der Waals surface area contributed by atoms with Crippen molar-refractivity contribution in [1.29, 1.82) is 0 Å². The molecule has 0 amide bonds. The number of thiophene rings is 1. The number of aryl methyl sites for hydroxylation is 1. The number of rotatable bonds is 2. The molecule has 1 saturated heterocycles. The topological polar surface area (TPSA) is 15.3 Å². The Morgan fingerprint density at radius 1 is 1.64 bits per heavy atom. The molecule has 2 nitrogen and oxygen atoms in total. The van der Waals surface area contributed by atoms with Gasteiger partial charge in [-0.3, -0.25) is 4.90 Å². The number of hydrogen-bond acceptors (Lipinski definition) is 3. The van der Waals surface area contributed by atoms with Crippen molar-refractivity contribution in [1.82, 2.24) is 10.2 Å². The molecule has 1 atom stereocenters. The van der Waals surface area contributed by atoms with E-state index in [-0.39, 0.29) is 0 Å². The van der Waals surface area contributed by atoms with E-state index in [1.807, 2.05) is 11.3 Å². The minimum absolute atomic E-state index is 0.643. The first-order chi connectivity index (χ1) is 6.74. The molecular weight excluding hydrogens is 192 g/mol. The third kappa shape index (κ3) is 2.56. The van der Waals surface area contributed by atoms with Gasteiger partial charge in [-0.05, 0) is 30.9 Å². The van der Waals surface area contributed by atoms with Crippen LogP contribution in [0.5, 0.6) is 0 Å². The average molecular weight is 210 g/mol. The van der Waals surface area contributed by atoms with Gasteiger partial charge >= 0.3 is 0 Å². The van der Waals surface area contributed by atoms with Crippen LogP contribution in [0.25, 0.3) is 0 Å². The second kappa shape index (κ2) is 4.43. The van der Waals surface area contributed by atoms with Crippen molar-refractivity contribution in [2.24, 2.45) is 0 Å². The SMILES string of the molecule is Cc1csc(CN2CCNC(C)C2)c1. The van der Waals surface area contributed by atoms with Gasteiger partial charge in [0.2, 0.25) is 0 Å². The number of piperazine rings is 1. The van der Waals surface area contributed by atoms with Crippen molar-refractivity contribution >= 4 is 11.3 Å². The Morgan fingerprint density at radius 3 is 3.14 bits per heavy atom. The fourth-order valence-corrected chi connectivity index (χ4v) is 2.87. The lowest BCUT2D eigenvalue weighted by Gasteiger charge is -2.31. The van der Waals surface area contributed by atoms with E-state index in [2.05, 4.69) is 35.5 Å². The molecule has 0 aromatic carbocycles. The molecule has 1 unspecified atom stereocenters. The van der Waals surface area contributed by atoms with E-state index in [0.717, 1.165) is 13.1 Å². The van der Waals surface area contributed by atoms with Gasteiger partial charge in [0, 0.05) is 37.1 Å². The summed E-state index contributed by atoms with van der Waals surface area (Å²) in [6.45, 7) is 9.04. The molecule has 1 aliphatic rings. The number of nitrogens with zero attached hydrogens (tertiary/aromatic N) is 1. The van der Waals surface area contributed by atoms with Crippen LogP contribution in [0.3, 0.4) is 0 Å². The van der Waals surface area contributed by atoms with Crippen LogP contribution in [0.4, 0.5) is 0 Å². The Kier molecular flexibility index (Phi) is 3.21. The molecule has 2 rings (SSSR count). The van der Waals surface area contributed by atoms with Crippen LogP contribution in [0.1, 0.15) is 17.4 Å². The Bertz CT molecular complexity index is 295. The molecule has 78 valence electrons. The first kappa shape index (κ1) is 10.1. The maximum atomic E-state index is 3.46. The van der Waals surface area contributed by atoms with E-state index in [4.69, 9.17) is 0 Å². The fraction of sp³-hybridized carbons (Fsp3) is 0.636. The lowest BCUT2D eigenvalue weighted by molar-refractivity contribution is 0.201. The molecule has 14 heavy (non-hydrogen) atoms. The van der Waals surface area contributed by atoms with E-state index >= 15 is 0 Å². The maximum absolute atomic E-state index is 3.46. The largest absolute Gasteiger partial charge is 0.312 e. The Labute approximate surface area is 89.9 Å². The van der Waals surface area contributed by atoms with E-state index in [1.54, 1.807) is 0 Å². The summed E-state index contributed by atoms with van der Waals surface area (Å²) in [6, 6.07) is 2.95. The second-order valence-corrected chi connectivity index (χ2v) is 5.18. The molecular formula is C11H18N2S. The highest BCUT2D eigenvalue weighted by Crippen LogP contribution is 2.16. The zero-order chi connectivity index (χ0) is 9.97. The molecule has 0 aliphatic carbocycles. The summed E-state index contributed by atoms with van der Waals surface area (Å²) in [5, 5.41) is 5.70. The van der Waals surface area contributed by atoms with Gasteiger partial charge in [-0.25, -0.2) is 0 Å². The summed E-state index contributed by atoms with van der Waals surface area (Å²) < 4.78 is 0. The Balaban J connectivity index is 1.90. The van der Waals surface area contributed by atoms with Crippen LogP contribution in [0, 0.1) is 6.92 Å². The quantitative estimate of drug-likeness (QED) is 0.801. The van der Waals surface area contributed by atoms with E-state index in [0.29, 0.717) is 6.04 Å². The van der Waals surface area contributed by atoms with E-state index in [1.165, 1.54) is 23.5 Å². The van der Waals surface area contributed by atoms with Gasteiger partial charge in [-0.1, -0.05) is 0 Å². The summed E-state index contributed by atoms with van der Waals surface area (Å²) in [5.74, 6) is 0. The van der Waals surface area contributed by atoms with E-state index < -0.39 is 0 Å². The number of hydrogen-bond donors (Lipinski definition) is 1. The van der Waals surface area contributed by atoms with Crippen LogP contribution in [0.15, 0.2) is 11.4 Å². The summed E-state index contributed by atoms with van der Waals surface area (Å²) in [4.78, 5) is 4.03. The monoisotopic (exact) mass is 210 g/mol. The highest BCUT2D eigenvalue weighted by molar-refractivity contribution is 7.10. The highest BCUT2D eigenvalue weighted by atomic mass is 32.1. The number of nitrogens with one attached hydrogen (secondary N) is 1. The van der Waals surface area contributed by atoms with Gasteiger partial charge in [0.25, 0.3) is 0 Å². The predicted molar refractivity (Wildman–Crippen MR) is 61.8 cm³/mol. The molecule has 1 N–H and O–H groups in total. The van der Waals surface area contributed by atoms with Gasteiger partial charge in [-0.15, -0.1) is 11.3 Å². The Morgan fingerprint density at radius 2 is 2.50 bits per heavy atom. The van der Waals surface area contributed by atoms with Crippen molar-refractivity contribution in [2.75, 3.05) is 19.6 Å². The molecule has 0 radical (unpaired) electrons. The molecule has 1 aromatic heterocycles. The molecule has 3 heteroatoms. The van der Waals surface area contributed by atoms with Crippen LogP contribution in [0.2, 0.25) is 0 Å². The third-order valence-corrected chi connectivity index (χ3v) is 3.66. The van der Waals surface area contributed by atoms with Crippen LogP contribution in [-0.2, 0) is 6.54 Å². The van der Waals surface area contributed by atoms with Gasteiger partial charge in [0.05, 0.1) is 0 Å². The lowest BCUT2D eigenvalue weighted by Crippen LogP contribution is -2.48. The average Bonchev–Trinajstić information content (AvgIpc) is 2.51. The summed E-state index contributed by atoms with van der Waals surface area (Å²) in [5.41, 5.74) is 1.40. The van der Waals surface area contributed by atoms with Crippen molar-refractivity contribution in [3.05, 3.63) is 21.9 Å². The molecule has 2 heterocycles. The predicted octanol–water partition coefficient (Wildman–Crippen LogP) is 1.85. The summed E-state index contributed by atoms with van der Waals surface area (Å²) >= 11 is 1.88. The standard InChI is InChI=1S/C11H18N2S/c1-9-5-11(14-8-9)7-13-4-3-12-10(2)6-13/h5,8,10,12H,3-4,6-7H2,1-2H3. The molecule has 0 saturated carbocycles. The maximum Gasteiger partial charge on any atom is 0.0329 e. The minimum Gasteiger partial charge on any atom is -0.312 e. The molecule has 0 bridgehead atoms. The van der Waals surface area contributed by atoms with Crippen LogP contribution in [-0.4, -0.2) is 30.6 Å². The van der Waals surface area contributed by atoms with Crippen LogP contribution < -0.4 is 5.32 Å². The van der Waals surface area contributed by atoms with Crippen molar-refractivity contribution in [3.8, 4) is 0 Å². The molecule has 1 aliphatic heterocycles. The van der Waals surface area contributed by atoms with Crippen molar-refractivity contribution in [2.45, 2.75) is 26.4 Å². The minimum atomic E-state index is 0.643. The zero-order valence-corrected chi connectivity index (χ0v) is 9.73. The molecule has 0 spiro atoms. The van der Waals surface area contributed by atoms with Crippen molar-refractivity contribution in [3.63, 3.8) is 0 Å².